The van der Waals surface area contributed by atoms with Crippen molar-refractivity contribution in [2.24, 2.45) is 5.92 Å². The molecule has 0 bridgehead atoms. The van der Waals surface area contributed by atoms with Gasteiger partial charge in [-0.1, -0.05) is 25.7 Å². The summed E-state index contributed by atoms with van der Waals surface area (Å²) in [4.78, 5) is 11.8. The van der Waals surface area contributed by atoms with Gasteiger partial charge in [0, 0.05) is 12.1 Å². The van der Waals surface area contributed by atoms with Crippen LogP contribution in [0.4, 0.5) is 0 Å². The second-order valence-electron chi connectivity index (χ2n) is 5.69. The molecule has 2 N–H and O–H groups in total. The van der Waals surface area contributed by atoms with E-state index in [0.717, 1.165) is 18.9 Å². The second-order valence-corrected chi connectivity index (χ2v) is 5.69. The van der Waals surface area contributed by atoms with Crippen LogP contribution in [0.1, 0.15) is 46.0 Å². The minimum atomic E-state index is -0.0801. The third-order valence-corrected chi connectivity index (χ3v) is 3.61. The van der Waals surface area contributed by atoms with E-state index in [2.05, 4.69) is 24.5 Å². The lowest BCUT2D eigenvalue weighted by molar-refractivity contribution is -0.127. The summed E-state index contributed by atoms with van der Waals surface area (Å²) in [6.07, 6.45) is 6.36. The van der Waals surface area contributed by atoms with E-state index in [-0.39, 0.29) is 17.5 Å². The van der Waals surface area contributed by atoms with Gasteiger partial charge in [-0.25, -0.2) is 0 Å². The summed E-state index contributed by atoms with van der Waals surface area (Å²) in [5.41, 5.74) is -0.0801. The lowest BCUT2D eigenvalue weighted by Gasteiger charge is -2.36. The average molecular weight is 210 g/mol. The van der Waals surface area contributed by atoms with E-state index < -0.39 is 0 Å². The number of amides is 1. The highest BCUT2D eigenvalue weighted by Gasteiger charge is 2.33. The van der Waals surface area contributed by atoms with E-state index in [0.29, 0.717) is 0 Å². The maximum atomic E-state index is 11.8. The van der Waals surface area contributed by atoms with E-state index in [1.165, 1.54) is 25.7 Å². The van der Waals surface area contributed by atoms with Crippen molar-refractivity contribution >= 4 is 5.91 Å². The van der Waals surface area contributed by atoms with Gasteiger partial charge >= 0.3 is 0 Å². The van der Waals surface area contributed by atoms with Crippen LogP contribution < -0.4 is 10.6 Å². The summed E-state index contributed by atoms with van der Waals surface area (Å²) >= 11 is 0. The number of rotatable bonds is 2. The SMILES string of the molecule is CC1(C)CNC(CC2CCCC2)C(=O)N1. The van der Waals surface area contributed by atoms with Crippen LogP contribution in [0.2, 0.25) is 0 Å². The molecule has 86 valence electrons. The molecule has 2 aliphatic rings. The Labute approximate surface area is 92.0 Å². The molecule has 2 fully saturated rings. The van der Waals surface area contributed by atoms with Gasteiger partial charge in [0.2, 0.25) is 5.91 Å². The third-order valence-electron chi connectivity index (χ3n) is 3.61. The van der Waals surface area contributed by atoms with Crippen LogP contribution in [0.25, 0.3) is 0 Å². The van der Waals surface area contributed by atoms with Gasteiger partial charge in [-0.15, -0.1) is 0 Å². The van der Waals surface area contributed by atoms with Crippen molar-refractivity contribution < 1.29 is 4.79 Å². The monoisotopic (exact) mass is 210 g/mol. The average Bonchev–Trinajstić information content (AvgIpc) is 2.61. The zero-order valence-corrected chi connectivity index (χ0v) is 9.81. The third kappa shape index (κ3) is 2.71. The first-order valence-corrected chi connectivity index (χ1v) is 6.12. The van der Waals surface area contributed by atoms with E-state index in [9.17, 15) is 4.79 Å². The molecule has 3 nitrogen and oxygen atoms in total. The summed E-state index contributed by atoms with van der Waals surface area (Å²) in [6.45, 7) is 5.00. The van der Waals surface area contributed by atoms with Crippen LogP contribution in [0, 0.1) is 5.92 Å². The summed E-state index contributed by atoms with van der Waals surface area (Å²) in [7, 11) is 0. The number of hydrogen-bond acceptors (Lipinski definition) is 2. The van der Waals surface area contributed by atoms with Crippen molar-refractivity contribution in [3.8, 4) is 0 Å². The Balaban J connectivity index is 1.86. The number of piperazine rings is 1. The minimum Gasteiger partial charge on any atom is -0.349 e. The Morgan fingerprint density at radius 1 is 1.33 bits per heavy atom. The number of carbonyl (C=O) groups excluding carboxylic acids is 1. The van der Waals surface area contributed by atoms with E-state index in [1.807, 2.05) is 0 Å². The largest absolute Gasteiger partial charge is 0.349 e. The number of nitrogens with one attached hydrogen (secondary N) is 2. The first-order valence-electron chi connectivity index (χ1n) is 6.12. The molecule has 0 radical (unpaired) electrons. The maximum Gasteiger partial charge on any atom is 0.237 e. The van der Waals surface area contributed by atoms with Crippen molar-refractivity contribution in [3.63, 3.8) is 0 Å². The molecule has 1 saturated carbocycles. The molecule has 3 heteroatoms. The van der Waals surface area contributed by atoms with Gasteiger partial charge in [0.15, 0.2) is 0 Å². The van der Waals surface area contributed by atoms with Gasteiger partial charge in [-0.2, -0.15) is 0 Å². The summed E-state index contributed by atoms with van der Waals surface area (Å²) in [6, 6.07) is 0.0566. The fraction of sp³-hybridized carbons (Fsp3) is 0.917. The number of carbonyl (C=O) groups is 1. The summed E-state index contributed by atoms with van der Waals surface area (Å²) < 4.78 is 0. The second kappa shape index (κ2) is 4.12. The van der Waals surface area contributed by atoms with Crippen molar-refractivity contribution in [3.05, 3.63) is 0 Å². The highest BCUT2D eigenvalue weighted by Crippen LogP contribution is 2.29. The van der Waals surface area contributed by atoms with Crippen molar-refractivity contribution in [2.45, 2.75) is 57.5 Å². The van der Waals surface area contributed by atoms with E-state index in [4.69, 9.17) is 0 Å². The molecule has 1 aliphatic heterocycles. The van der Waals surface area contributed by atoms with Gasteiger partial charge in [0.1, 0.15) is 0 Å². The van der Waals surface area contributed by atoms with Crippen LogP contribution in [0.3, 0.4) is 0 Å². The van der Waals surface area contributed by atoms with Gasteiger partial charge in [-0.3, -0.25) is 4.79 Å². The Hall–Kier alpha value is -0.570. The molecule has 15 heavy (non-hydrogen) atoms. The molecule has 1 amide bonds. The molecule has 1 unspecified atom stereocenters. The molecule has 1 saturated heterocycles. The highest BCUT2D eigenvalue weighted by molar-refractivity contribution is 5.83. The van der Waals surface area contributed by atoms with Gasteiger partial charge < -0.3 is 10.6 Å². The Morgan fingerprint density at radius 2 is 2.00 bits per heavy atom. The first-order chi connectivity index (χ1) is 7.07. The highest BCUT2D eigenvalue weighted by atomic mass is 16.2. The lowest BCUT2D eigenvalue weighted by atomic mass is 9.93. The minimum absolute atomic E-state index is 0.0566. The number of hydrogen-bond donors (Lipinski definition) is 2. The molecule has 2 rings (SSSR count). The Morgan fingerprint density at radius 3 is 2.60 bits per heavy atom. The predicted octanol–water partition coefficient (Wildman–Crippen LogP) is 1.43. The first kappa shape index (κ1) is 10.9. The van der Waals surface area contributed by atoms with Crippen LogP contribution in [0.5, 0.6) is 0 Å². The molecule has 1 heterocycles. The predicted molar refractivity (Wildman–Crippen MR) is 60.6 cm³/mol. The van der Waals surface area contributed by atoms with Crippen LogP contribution >= 0.6 is 0 Å². The zero-order valence-electron chi connectivity index (χ0n) is 9.81. The maximum absolute atomic E-state index is 11.8. The van der Waals surface area contributed by atoms with Crippen molar-refractivity contribution in [1.82, 2.24) is 10.6 Å². The molecule has 0 aromatic heterocycles. The topological polar surface area (TPSA) is 41.1 Å². The van der Waals surface area contributed by atoms with Crippen LogP contribution in [0.15, 0.2) is 0 Å². The fourth-order valence-corrected chi connectivity index (χ4v) is 2.71. The molecule has 0 aromatic carbocycles. The smallest absolute Gasteiger partial charge is 0.237 e. The molecular formula is C12H22N2O. The quantitative estimate of drug-likeness (QED) is 0.724. The standard InChI is InChI=1S/C12H22N2O/c1-12(2)8-13-10(11(15)14-12)7-9-5-3-4-6-9/h9-10,13H,3-8H2,1-2H3,(H,14,15). The molecular weight excluding hydrogens is 188 g/mol. The van der Waals surface area contributed by atoms with Crippen LogP contribution in [-0.2, 0) is 4.79 Å². The Kier molecular flexibility index (Phi) is 3.01. The Bertz CT molecular complexity index is 244. The van der Waals surface area contributed by atoms with Crippen LogP contribution in [-0.4, -0.2) is 24.0 Å². The molecule has 0 aromatic rings. The lowest BCUT2D eigenvalue weighted by Crippen LogP contribution is -2.63. The van der Waals surface area contributed by atoms with E-state index >= 15 is 0 Å². The fourth-order valence-electron chi connectivity index (χ4n) is 2.71. The summed E-state index contributed by atoms with van der Waals surface area (Å²) in [5.74, 6) is 0.965. The van der Waals surface area contributed by atoms with E-state index in [1.54, 1.807) is 0 Å². The normalized spacial score (nSPS) is 31.6. The van der Waals surface area contributed by atoms with Gasteiger partial charge in [0.05, 0.1) is 6.04 Å². The molecule has 1 atom stereocenters. The summed E-state index contributed by atoms with van der Waals surface area (Å²) in [5, 5.41) is 6.45. The van der Waals surface area contributed by atoms with Crippen molar-refractivity contribution in [2.75, 3.05) is 6.54 Å². The van der Waals surface area contributed by atoms with Gasteiger partial charge in [-0.05, 0) is 26.2 Å². The molecule has 0 spiro atoms. The van der Waals surface area contributed by atoms with Crippen molar-refractivity contribution in [1.29, 1.82) is 0 Å². The molecule has 1 aliphatic carbocycles. The zero-order chi connectivity index (χ0) is 10.9. The van der Waals surface area contributed by atoms with Gasteiger partial charge in [0.25, 0.3) is 0 Å².